The van der Waals surface area contributed by atoms with Gasteiger partial charge in [-0.3, -0.25) is 4.79 Å². The molecule has 36 heavy (non-hydrogen) atoms. The topological polar surface area (TPSA) is 17.1 Å². The molecule has 0 amide bonds. The van der Waals surface area contributed by atoms with Gasteiger partial charge >= 0.3 is 0 Å². The third-order valence-electron chi connectivity index (χ3n) is 7.75. The van der Waals surface area contributed by atoms with Gasteiger partial charge in [0.2, 0.25) is 0 Å². The van der Waals surface area contributed by atoms with Crippen LogP contribution in [0.4, 0.5) is 0 Å². The summed E-state index contributed by atoms with van der Waals surface area (Å²) in [7, 11) is 0. The van der Waals surface area contributed by atoms with Gasteiger partial charge in [-0.2, -0.15) is 0 Å². The summed E-state index contributed by atoms with van der Waals surface area (Å²) in [5, 5.41) is 0.444. The van der Waals surface area contributed by atoms with Crippen molar-refractivity contribution in [3.8, 4) is 0 Å². The first-order chi connectivity index (χ1) is 17.8. The van der Waals surface area contributed by atoms with Crippen LogP contribution in [0.2, 0.25) is 0 Å². The number of hydrogen-bond donors (Lipinski definition) is 0. The van der Waals surface area contributed by atoms with E-state index in [0.717, 1.165) is 18.6 Å². The molecule has 0 atom stereocenters. The summed E-state index contributed by atoms with van der Waals surface area (Å²) in [5.41, 5.74) is 0. The summed E-state index contributed by atoms with van der Waals surface area (Å²) >= 11 is 1.61. The highest BCUT2D eigenvalue weighted by Crippen LogP contribution is 2.17. The Morgan fingerprint density at radius 3 is 0.917 bits per heavy atom. The second-order valence-corrected chi connectivity index (χ2v) is 12.7. The van der Waals surface area contributed by atoms with E-state index in [1.165, 1.54) is 180 Å². The van der Waals surface area contributed by atoms with E-state index in [-0.39, 0.29) is 0 Å². The first kappa shape index (κ1) is 36.0. The fraction of sp³-hybridized carbons (Fsp3) is 0.971. The molecule has 0 aliphatic heterocycles. The van der Waals surface area contributed by atoms with E-state index in [1.54, 1.807) is 11.8 Å². The Kier molecular flexibility index (Phi) is 33.1. The Balaban J connectivity index is 3.14. The number of carbonyl (C=O) groups excluding carboxylic acids is 1. The first-order valence-electron chi connectivity index (χ1n) is 17.0. The van der Waals surface area contributed by atoms with Crippen molar-refractivity contribution in [2.75, 3.05) is 5.75 Å². The van der Waals surface area contributed by atoms with Gasteiger partial charge in [-0.25, -0.2) is 0 Å². The molecule has 0 aromatic heterocycles. The van der Waals surface area contributed by atoms with Crippen LogP contribution in [-0.4, -0.2) is 10.9 Å². The normalized spacial score (nSPS) is 11.4. The van der Waals surface area contributed by atoms with Gasteiger partial charge in [-0.05, 0) is 12.8 Å². The second kappa shape index (κ2) is 33.0. The molecule has 0 aromatic rings. The number of rotatable bonds is 31. The molecule has 0 fully saturated rings. The van der Waals surface area contributed by atoms with Gasteiger partial charge in [0.25, 0.3) is 0 Å². The Morgan fingerprint density at radius 2 is 0.611 bits per heavy atom. The molecule has 0 aliphatic rings. The molecular formula is C34H68OS. The van der Waals surface area contributed by atoms with Crippen LogP contribution < -0.4 is 0 Å². The third kappa shape index (κ3) is 32.0. The molecule has 0 heterocycles. The van der Waals surface area contributed by atoms with Crippen LogP contribution in [0.25, 0.3) is 0 Å². The molecule has 0 unspecified atom stereocenters. The van der Waals surface area contributed by atoms with Crippen LogP contribution in [0.3, 0.4) is 0 Å². The molecule has 2 heteroatoms. The highest BCUT2D eigenvalue weighted by atomic mass is 32.2. The van der Waals surface area contributed by atoms with E-state index < -0.39 is 0 Å². The van der Waals surface area contributed by atoms with Crippen molar-refractivity contribution >= 4 is 16.9 Å². The van der Waals surface area contributed by atoms with Gasteiger partial charge in [0.1, 0.15) is 0 Å². The summed E-state index contributed by atoms with van der Waals surface area (Å²) in [5.74, 6) is 1.05. The Bertz CT molecular complexity index is 372. The maximum atomic E-state index is 12.1. The van der Waals surface area contributed by atoms with Gasteiger partial charge in [-0.1, -0.05) is 199 Å². The van der Waals surface area contributed by atoms with Crippen molar-refractivity contribution in [3.63, 3.8) is 0 Å². The maximum absolute atomic E-state index is 12.1. The van der Waals surface area contributed by atoms with Crippen molar-refractivity contribution in [1.29, 1.82) is 0 Å². The van der Waals surface area contributed by atoms with E-state index in [0.29, 0.717) is 5.12 Å². The maximum Gasteiger partial charge on any atom is 0.188 e. The molecular weight excluding hydrogens is 456 g/mol. The Morgan fingerprint density at radius 1 is 0.361 bits per heavy atom. The zero-order valence-corrected chi connectivity index (χ0v) is 26.1. The highest BCUT2D eigenvalue weighted by Gasteiger charge is 2.03. The zero-order valence-electron chi connectivity index (χ0n) is 25.2. The molecule has 0 rings (SSSR count). The third-order valence-corrected chi connectivity index (χ3v) is 8.76. The van der Waals surface area contributed by atoms with Gasteiger partial charge in [0.05, 0.1) is 0 Å². The number of thioether (sulfide) groups is 1. The van der Waals surface area contributed by atoms with Crippen molar-refractivity contribution in [1.82, 2.24) is 0 Å². The van der Waals surface area contributed by atoms with Crippen LogP contribution in [0.5, 0.6) is 0 Å². The fourth-order valence-electron chi connectivity index (χ4n) is 5.20. The van der Waals surface area contributed by atoms with E-state index in [1.807, 2.05) is 0 Å². The predicted molar refractivity (Wildman–Crippen MR) is 167 cm³/mol. The van der Waals surface area contributed by atoms with Crippen molar-refractivity contribution in [3.05, 3.63) is 0 Å². The van der Waals surface area contributed by atoms with E-state index >= 15 is 0 Å². The van der Waals surface area contributed by atoms with Crippen molar-refractivity contribution < 1.29 is 4.79 Å². The molecule has 216 valence electrons. The molecule has 0 spiro atoms. The summed E-state index contributed by atoms with van der Waals surface area (Å²) < 4.78 is 0. The van der Waals surface area contributed by atoms with E-state index in [2.05, 4.69) is 13.8 Å². The SMILES string of the molecule is CCCCCCCCCCCCCCCCCC(=O)SCCCCCCCCCCCCCCCC. The first-order valence-corrected chi connectivity index (χ1v) is 18.0. The van der Waals surface area contributed by atoms with Crippen molar-refractivity contribution in [2.45, 2.75) is 206 Å². The molecule has 0 saturated carbocycles. The Hall–Kier alpha value is 0.0200. The summed E-state index contributed by atoms with van der Waals surface area (Å²) in [6.07, 6.45) is 41.2. The smallest absolute Gasteiger partial charge is 0.188 e. The lowest BCUT2D eigenvalue weighted by molar-refractivity contribution is -0.111. The van der Waals surface area contributed by atoms with Crippen LogP contribution in [0.1, 0.15) is 206 Å². The monoisotopic (exact) mass is 524 g/mol. The second-order valence-electron chi connectivity index (χ2n) is 11.5. The zero-order chi connectivity index (χ0) is 26.2. The highest BCUT2D eigenvalue weighted by molar-refractivity contribution is 8.13. The molecule has 0 N–H and O–H groups in total. The van der Waals surface area contributed by atoms with Crippen LogP contribution in [-0.2, 0) is 4.79 Å². The standard InChI is InChI=1S/C34H68OS/c1-3-5-7-9-11-13-15-17-19-20-22-24-26-28-30-32-34(35)36-33-31-29-27-25-23-21-18-16-14-12-10-8-6-4-2/h3-33H2,1-2H3. The number of unbranched alkanes of at least 4 members (excludes halogenated alkanes) is 27. The Labute approximate surface area is 233 Å². The van der Waals surface area contributed by atoms with Gasteiger partial charge in [0, 0.05) is 12.2 Å². The average Bonchev–Trinajstić information content (AvgIpc) is 2.88. The van der Waals surface area contributed by atoms with Crippen LogP contribution in [0, 0.1) is 0 Å². The lowest BCUT2D eigenvalue weighted by atomic mass is 10.0. The molecule has 1 nitrogen and oxygen atoms in total. The quantitative estimate of drug-likeness (QED) is 0.0838. The largest absolute Gasteiger partial charge is 0.287 e. The lowest BCUT2D eigenvalue weighted by Crippen LogP contribution is -1.94. The molecule has 0 saturated heterocycles. The van der Waals surface area contributed by atoms with Crippen LogP contribution in [0.15, 0.2) is 0 Å². The summed E-state index contributed by atoms with van der Waals surface area (Å²) in [4.78, 5) is 12.1. The van der Waals surface area contributed by atoms with E-state index in [4.69, 9.17) is 0 Å². The average molecular weight is 525 g/mol. The molecule has 0 aliphatic carbocycles. The van der Waals surface area contributed by atoms with E-state index in [9.17, 15) is 4.79 Å². The minimum absolute atomic E-state index is 0.444. The molecule has 0 bridgehead atoms. The predicted octanol–water partition coefficient (Wildman–Crippen LogP) is 13.0. The minimum atomic E-state index is 0.444. The van der Waals surface area contributed by atoms with Gasteiger partial charge < -0.3 is 0 Å². The summed E-state index contributed by atoms with van der Waals surface area (Å²) in [6, 6.07) is 0. The fourth-order valence-corrected chi connectivity index (χ4v) is 6.06. The molecule has 0 aromatic carbocycles. The molecule has 0 radical (unpaired) electrons. The van der Waals surface area contributed by atoms with Gasteiger partial charge in [0.15, 0.2) is 5.12 Å². The van der Waals surface area contributed by atoms with Crippen molar-refractivity contribution in [2.24, 2.45) is 0 Å². The minimum Gasteiger partial charge on any atom is -0.287 e. The lowest BCUT2D eigenvalue weighted by Gasteiger charge is -2.04. The summed E-state index contributed by atoms with van der Waals surface area (Å²) in [6.45, 7) is 4.59. The number of hydrogen-bond acceptors (Lipinski definition) is 2. The van der Waals surface area contributed by atoms with Crippen LogP contribution >= 0.6 is 11.8 Å². The number of carbonyl (C=O) groups is 1. The van der Waals surface area contributed by atoms with Gasteiger partial charge in [-0.15, -0.1) is 0 Å².